The second kappa shape index (κ2) is 8.03. The van der Waals surface area contributed by atoms with Crippen molar-refractivity contribution in [2.24, 2.45) is 5.16 Å². The van der Waals surface area contributed by atoms with E-state index in [1.165, 1.54) is 24.4 Å². The molecule has 0 amide bonds. The molecule has 3 aromatic carbocycles. The summed E-state index contributed by atoms with van der Waals surface area (Å²) in [6.07, 6.45) is 2.91. The van der Waals surface area contributed by atoms with Crippen LogP contribution in [0.15, 0.2) is 83.3 Å². The van der Waals surface area contributed by atoms with Gasteiger partial charge in [-0.2, -0.15) is 9.78 Å². The lowest BCUT2D eigenvalue weighted by Crippen LogP contribution is -2.23. The van der Waals surface area contributed by atoms with Crippen LogP contribution < -0.4 is 5.56 Å². The monoisotopic (exact) mass is 412 g/mol. The highest BCUT2D eigenvalue weighted by Gasteiger charge is 2.20. The lowest BCUT2D eigenvalue weighted by atomic mass is 10.00. The maximum absolute atomic E-state index is 13.2. The third-order valence-corrected chi connectivity index (χ3v) is 4.81. The van der Waals surface area contributed by atoms with E-state index in [4.69, 9.17) is 5.21 Å². The molecule has 0 aliphatic heterocycles. The van der Waals surface area contributed by atoms with Crippen molar-refractivity contribution >= 4 is 28.8 Å². The van der Waals surface area contributed by atoms with Crippen molar-refractivity contribution < 1.29 is 10.1 Å². The van der Waals surface area contributed by atoms with Gasteiger partial charge in [-0.25, -0.2) is 0 Å². The van der Waals surface area contributed by atoms with Gasteiger partial charge in [-0.15, -0.1) is 0 Å². The minimum Gasteiger partial charge on any atom is -0.411 e. The SMILES string of the molecule is C=Cc1cc(C=NO)cc(-c2nn(-c3ccccc3[N+](=O)[O-])c(=O)c3ccccc23)c1. The number of hydrogen-bond donors (Lipinski definition) is 1. The summed E-state index contributed by atoms with van der Waals surface area (Å²) in [5.74, 6) is 0. The summed E-state index contributed by atoms with van der Waals surface area (Å²) in [5.41, 5.74) is 1.81. The highest BCUT2D eigenvalue weighted by atomic mass is 16.6. The van der Waals surface area contributed by atoms with E-state index in [-0.39, 0.29) is 11.4 Å². The van der Waals surface area contributed by atoms with Gasteiger partial charge >= 0.3 is 0 Å². The Hall–Kier alpha value is -4.59. The number of nitrogens with zero attached hydrogens (tertiary/aromatic N) is 4. The largest absolute Gasteiger partial charge is 0.411 e. The molecular formula is C23H16N4O4. The average molecular weight is 412 g/mol. The first-order chi connectivity index (χ1) is 15.0. The van der Waals surface area contributed by atoms with Gasteiger partial charge in [-0.1, -0.05) is 48.1 Å². The second-order valence-electron chi connectivity index (χ2n) is 6.69. The van der Waals surface area contributed by atoms with Crippen LogP contribution in [0.4, 0.5) is 5.69 Å². The van der Waals surface area contributed by atoms with Crippen LogP contribution in [-0.4, -0.2) is 26.1 Å². The van der Waals surface area contributed by atoms with E-state index in [1.807, 2.05) is 6.07 Å². The molecule has 0 aliphatic carbocycles. The Kier molecular flexibility index (Phi) is 5.11. The Morgan fingerprint density at radius 2 is 1.71 bits per heavy atom. The fourth-order valence-electron chi connectivity index (χ4n) is 3.44. The maximum Gasteiger partial charge on any atom is 0.295 e. The number of oxime groups is 1. The molecule has 0 aliphatic rings. The minimum absolute atomic E-state index is 0.0709. The molecule has 0 atom stereocenters. The third kappa shape index (κ3) is 3.58. The number of rotatable bonds is 5. The summed E-state index contributed by atoms with van der Waals surface area (Å²) >= 11 is 0. The van der Waals surface area contributed by atoms with Crippen molar-refractivity contribution in [3.8, 4) is 16.9 Å². The van der Waals surface area contributed by atoms with E-state index in [1.54, 1.807) is 48.5 Å². The summed E-state index contributed by atoms with van der Waals surface area (Å²) in [4.78, 5) is 24.2. The fraction of sp³-hybridized carbons (Fsp3) is 0. The molecule has 0 spiro atoms. The minimum atomic E-state index is -0.549. The van der Waals surface area contributed by atoms with E-state index in [0.717, 1.165) is 10.2 Å². The van der Waals surface area contributed by atoms with E-state index < -0.39 is 10.5 Å². The Morgan fingerprint density at radius 1 is 1.03 bits per heavy atom. The number of benzene rings is 3. The van der Waals surface area contributed by atoms with Crippen LogP contribution in [0.5, 0.6) is 0 Å². The topological polar surface area (TPSA) is 111 Å². The fourth-order valence-corrected chi connectivity index (χ4v) is 3.44. The van der Waals surface area contributed by atoms with Crippen molar-refractivity contribution in [3.63, 3.8) is 0 Å². The molecule has 0 saturated heterocycles. The number of nitro benzene ring substituents is 1. The van der Waals surface area contributed by atoms with Gasteiger partial charge in [0.2, 0.25) is 0 Å². The van der Waals surface area contributed by atoms with Gasteiger partial charge in [0.1, 0.15) is 5.69 Å². The van der Waals surface area contributed by atoms with Crippen molar-refractivity contribution in [2.45, 2.75) is 0 Å². The van der Waals surface area contributed by atoms with Gasteiger partial charge in [-0.05, 0) is 41.5 Å². The summed E-state index contributed by atoms with van der Waals surface area (Å²) < 4.78 is 1.05. The second-order valence-corrected chi connectivity index (χ2v) is 6.69. The molecule has 0 radical (unpaired) electrons. The Balaban J connectivity index is 2.10. The molecule has 4 aromatic rings. The van der Waals surface area contributed by atoms with Crippen LogP contribution >= 0.6 is 0 Å². The number of hydrogen-bond acceptors (Lipinski definition) is 6. The normalized spacial score (nSPS) is 11.1. The average Bonchev–Trinajstić information content (AvgIpc) is 2.79. The molecule has 31 heavy (non-hydrogen) atoms. The highest BCUT2D eigenvalue weighted by Crippen LogP contribution is 2.29. The summed E-state index contributed by atoms with van der Waals surface area (Å²) in [6.45, 7) is 3.78. The van der Waals surface area contributed by atoms with Gasteiger partial charge in [-0.3, -0.25) is 14.9 Å². The molecule has 0 bridgehead atoms. The van der Waals surface area contributed by atoms with Crippen molar-refractivity contribution in [2.75, 3.05) is 0 Å². The molecule has 8 nitrogen and oxygen atoms in total. The smallest absolute Gasteiger partial charge is 0.295 e. The molecule has 4 rings (SSSR count). The predicted molar refractivity (Wildman–Crippen MR) is 119 cm³/mol. The van der Waals surface area contributed by atoms with E-state index >= 15 is 0 Å². The van der Waals surface area contributed by atoms with Gasteiger partial charge in [0.15, 0.2) is 0 Å². The van der Waals surface area contributed by atoms with E-state index in [0.29, 0.717) is 27.6 Å². The molecule has 0 saturated carbocycles. The third-order valence-electron chi connectivity index (χ3n) is 4.81. The van der Waals surface area contributed by atoms with Crippen LogP contribution in [0.1, 0.15) is 11.1 Å². The lowest BCUT2D eigenvalue weighted by Gasteiger charge is -2.12. The van der Waals surface area contributed by atoms with Crippen LogP contribution in [0.25, 0.3) is 33.8 Å². The summed E-state index contributed by atoms with van der Waals surface area (Å²) in [7, 11) is 0. The number of para-hydroxylation sites is 2. The van der Waals surface area contributed by atoms with Gasteiger partial charge in [0.05, 0.1) is 22.2 Å². The Morgan fingerprint density at radius 3 is 2.42 bits per heavy atom. The van der Waals surface area contributed by atoms with Crippen LogP contribution in [0, 0.1) is 10.1 Å². The number of fused-ring (bicyclic) bond motifs is 1. The standard InChI is InChI=1S/C23H16N4O4/c1-2-15-11-16(14-24-29)13-17(12-15)22-18-7-3-4-8-19(18)23(28)26(25-22)20-9-5-6-10-21(20)27(30)31/h2-14,29H,1H2. The quantitative estimate of drug-likeness (QED) is 0.226. The number of aromatic nitrogens is 2. The first kappa shape index (κ1) is 19.7. The Labute approximate surface area is 176 Å². The zero-order valence-electron chi connectivity index (χ0n) is 16.2. The van der Waals surface area contributed by atoms with Gasteiger partial charge in [0.25, 0.3) is 11.2 Å². The van der Waals surface area contributed by atoms with E-state index in [9.17, 15) is 14.9 Å². The molecular weight excluding hydrogens is 396 g/mol. The van der Waals surface area contributed by atoms with Crippen molar-refractivity contribution in [1.29, 1.82) is 0 Å². The highest BCUT2D eigenvalue weighted by molar-refractivity contribution is 5.95. The summed E-state index contributed by atoms with van der Waals surface area (Å²) in [6, 6.07) is 18.2. The van der Waals surface area contributed by atoms with Crippen LogP contribution in [0.2, 0.25) is 0 Å². The van der Waals surface area contributed by atoms with Gasteiger partial charge < -0.3 is 5.21 Å². The predicted octanol–water partition coefficient (Wildman–Crippen LogP) is 4.41. The van der Waals surface area contributed by atoms with Crippen molar-refractivity contribution in [3.05, 3.63) is 105 Å². The molecule has 1 aromatic heterocycles. The van der Waals surface area contributed by atoms with E-state index in [2.05, 4.69) is 16.8 Å². The summed E-state index contributed by atoms with van der Waals surface area (Å²) in [5, 5.41) is 29.0. The molecule has 1 heterocycles. The number of nitro groups is 1. The lowest BCUT2D eigenvalue weighted by molar-refractivity contribution is -0.384. The van der Waals surface area contributed by atoms with Crippen LogP contribution in [-0.2, 0) is 0 Å². The zero-order valence-corrected chi connectivity index (χ0v) is 16.2. The van der Waals surface area contributed by atoms with Crippen LogP contribution in [0.3, 0.4) is 0 Å². The molecule has 0 unspecified atom stereocenters. The Bertz CT molecular complexity index is 1420. The zero-order chi connectivity index (χ0) is 22.0. The molecule has 8 heteroatoms. The molecule has 0 fully saturated rings. The maximum atomic E-state index is 13.2. The molecule has 1 N–H and O–H groups in total. The van der Waals surface area contributed by atoms with Crippen molar-refractivity contribution in [1.82, 2.24) is 9.78 Å². The first-order valence-corrected chi connectivity index (χ1v) is 9.24. The first-order valence-electron chi connectivity index (χ1n) is 9.24. The molecule has 152 valence electrons. The van der Waals surface area contributed by atoms with Gasteiger partial charge in [0, 0.05) is 17.0 Å².